The third-order valence-electron chi connectivity index (χ3n) is 2.98. The van der Waals surface area contributed by atoms with E-state index in [1.54, 1.807) is 12.1 Å². The molecule has 0 aromatic heterocycles. The topological polar surface area (TPSA) is 26.3 Å². The van der Waals surface area contributed by atoms with Crippen LogP contribution in [0.4, 0.5) is 0 Å². The maximum Gasteiger partial charge on any atom is 0.343 e. The molecule has 0 heterocycles. The van der Waals surface area contributed by atoms with E-state index >= 15 is 0 Å². The van der Waals surface area contributed by atoms with E-state index in [9.17, 15) is 4.79 Å². The Morgan fingerprint density at radius 3 is 2.42 bits per heavy atom. The smallest absolute Gasteiger partial charge is 0.343 e. The number of benzene rings is 2. The Balaban J connectivity index is 2.16. The molecule has 0 fully saturated rings. The first-order chi connectivity index (χ1) is 9.20. The molecule has 0 aliphatic carbocycles. The van der Waals surface area contributed by atoms with E-state index < -0.39 is 0 Å². The lowest BCUT2D eigenvalue weighted by molar-refractivity contribution is 0.0733. The molecule has 0 saturated carbocycles. The highest BCUT2D eigenvalue weighted by atomic mass is 16.5. The zero-order valence-corrected chi connectivity index (χ0v) is 11.3. The van der Waals surface area contributed by atoms with Crippen molar-refractivity contribution in [2.24, 2.45) is 0 Å². The lowest BCUT2D eigenvalue weighted by atomic mass is 10.1. The average molecular weight is 254 g/mol. The Labute approximate surface area is 114 Å². The summed E-state index contributed by atoms with van der Waals surface area (Å²) in [5.74, 6) is 0.360. The second-order valence-corrected chi connectivity index (χ2v) is 4.61. The van der Waals surface area contributed by atoms with Crippen molar-refractivity contribution in [3.8, 4) is 5.75 Å². The van der Waals surface area contributed by atoms with Gasteiger partial charge in [-0.05, 0) is 37.1 Å². The molecular weight excluding hydrogens is 236 g/mol. The van der Waals surface area contributed by atoms with Crippen LogP contribution in [0.5, 0.6) is 5.75 Å². The Morgan fingerprint density at radius 1 is 1.05 bits per heavy atom. The zero-order valence-electron chi connectivity index (χ0n) is 11.3. The number of ether oxygens (including phenoxy) is 1. The standard InChI is InChI=1S/C17H18O2/c1-3-6-14-7-4-5-8-16(14)19-17(18)15-11-9-13(2)10-12-15/h4-5,7-12H,3,6H2,1-2H3. The van der Waals surface area contributed by atoms with Crippen LogP contribution in [0.2, 0.25) is 0 Å². The van der Waals surface area contributed by atoms with Crippen LogP contribution in [0.1, 0.15) is 34.8 Å². The molecule has 2 heteroatoms. The summed E-state index contributed by atoms with van der Waals surface area (Å²) in [5, 5.41) is 0. The van der Waals surface area contributed by atoms with Gasteiger partial charge in [0.2, 0.25) is 0 Å². The molecule has 0 radical (unpaired) electrons. The number of rotatable bonds is 4. The molecule has 0 atom stereocenters. The van der Waals surface area contributed by atoms with Gasteiger partial charge < -0.3 is 4.74 Å². The van der Waals surface area contributed by atoms with Gasteiger partial charge >= 0.3 is 5.97 Å². The zero-order chi connectivity index (χ0) is 13.7. The first-order valence-corrected chi connectivity index (χ1v) is 6.57. The minimum atomic E-state index is -0.302. The number of esters is 1. The summed E-state index contributed by atoms with van der Waals surface area (Å²) in [6.07, 6.45) is 1.94. The molecule has 2 aromatic carbocycles. The van der Waals surface area contributed by atoms with E-state index in [1.807, 2.05) is 43.3 Å². The van der Waals surface area contributed by atoms with Crippen molar-refractivity contribution in [3.05, 3.63) is 65.2 Å². The van der Waals surface area contributed by atoms with Crippen LogP contribution in [0.15, 0.2) is 48.5 Å². The maximum atomic E-state index is 12.1. The number of hydrogen-bond acceptors (Lipinski definition) is 2. The molecule has 2 nitrogen and oxygen atoms in total. The molecule has 0 bridgehead atoms. The van der Waals surface area contributed by atoms with Crippen LogP contribution < -0.4 is 4.74 Å². The molecule has 2 aromatic rings. The van der Waals surface area contributed by atoms with E-state index in [0.29, 0.717) is 11.3 Å². The molecule has 19 heavy (non-hydrogen) atoms. The summed E-state index contributed by atoms with van der Waals surface area (Å²) in [5.41, 5.74) is 2.78. The fraction of sp³-hybridized carbons (Fsp3) is 0.235. The van der Waals surface area contributed by atoms with Crippen LogP contribution in [-0.4, -0.2) is 5.97 Å². The van der Waals surface area contributed by atoms with E-state index in [4.69, 9.17) is 4.74 Å². The second kappa shape index (κ2) is 6.19. The number of hydrogen-bond donors (Lipinski definition) is 0. The third-order valence-corrected chi connectivity index (χ3v) is 2.98. The summed E-state index contributed by atoms with van der Waals surface area (Å²) >= 11 is 0. The molecule has 0 amide bonds. The number of para-hydroxylation sites is 1. The van der Waals surface area contributed by atoms with Crippen molar-refractivity contribution in [2.75, 3.05) is 0 Å². The second-order valence-electron chi connectivity index (χ2n) is 4.61. The minimum absolute atomic E-state index is 0.302. The lowest BCUT2D eigenvalue weighted by Gasteiger charge is -2.09. The Hall–Kier alpha value is -2.09. The number of carbonyl (C=O) groups excluding carboxylic acids is 1. The van der Waals surface area contributed by atoms with Crippen LogP contribution >= 0.6 is 0 Å². The van der Waals surface area contributed by atoms with E-state index in [2.05, 4.69) is 6.92 Å². The van der Waals surface area contributed by atoms with Gasteiger partial charge in [-0.25, -0.2) is 4.79 Å². The van der Waals surface area contributed by atoms with Crippen LogP contribution in [0.3, 0.4) is 0 Å². The summed E-state index contributed by atoms with van der Waals surface area (Å²) in [7, 11) is 0. The van der Waals surface area contributed by atoms with E-state index in [0.717, 1.165) is 24.0 Å². The molecule has 0 N–H and O–H groups in total. The molecule has 0 saturated heterocycles. The highest BCUT2D eigenvalue weighted by Gasteiger charge is 2.10. The molecule has 2 rings (SSSR count). The van der Waals surface area contributed by atoms with Crippen molar-refractivity contribution < 1.29 is 9.53 Å². The summed E-state index contributed by atoms with van der Waals surface area (Å²) in [6.45, 7) is 4.10. The van der Waals surface area contributed by atoms with Gasteiger partial charge in [0.1, 0.15) is 5.75 Å². The van der Waals surface area contributed by atoms with Crippen LogP contribution in [0.25, 0.3) is 0 Å². The molecule has 0 aliphatic rings. The Morgan fingerprint density at radius 2 is 1.74 bits per heavy atom. The predicted octanol–water partition coefficient (Wildman–Crippen LogP) is 4.17. The lowest BCUT2D eigenvalue weighted by Crippen LogP contribution is -2.09. The first-order valence-electron chi connectivity index (χ1n) is 6.57. The van der Waals surface area contributed by atoms with Gasteiger partial charge in [0.25, 0.3) is 0 Å². The van der Waals surface area contributed by atoms with Gasteiger partial charge in [-0.1, -0.05) is 49.2 Å². The van der Waals surface area contributed by atoms with Gasteiger partial charge in [0.15, 0.2) is 0 Å². The van der Waals surface area contributed by atoms with E-state index in [1.165, 1.54) is 0 Å². The molecule has 98 valence electrons. The highest BCUT2D eigenvalue weighted by molar-refractivity contribution is 5.91. The van der Waals surface area contributed by atoms with Gasteiger partial charge in [-0.2, -0.15) is 0 Å². The highest BCUT2D eigenvalue weighted by Crippen LogP contribution is 2.20. The van der Waals surface area contributed by atoms with Crippen molar-refractivity contribution in [1.29, 1.82) is 0 Å². The number of carbonyl (C=O) groups is 1. The third kappa shape index (κ3) is 3.44. The van der Waals surface area contributed by atoms with Gasteiger partial charge in [-0.15, -0.1) is 0 Å². The van der Waals surface area contributed by atoms with Gasteiger partial charge in [0.05, 0.1) is 5.56 Å². The van der Waals surface area contributed by atoms with E-state index in [-0.39, 0.29) is 5.97 Å². The summed E-state index contributed by atoms with van der Waals surface area (Å²) in [6, 6.07) is 15.1. The largest absolute Gasteiger partial charge is 0.423 e. The molecule has 0 aliphatic heterocycles. The van der Waals surface area contributed by atoms with Crippen molar-refractivity contribution in [3.63, 3.8) is 0 Å². The average Bonchev–Trinajstić information content (AvgIpc) is 2.42. The molecule has 0 spiro atoms. The Bertz CT molecular complexity index is 556. The SMILES string of the molecule is CCCc1ccccc1OC(=O)c1ccc(C)cc1. The van der Waals surface area contributed by atoms with Gasteiger partial charge in [-0.3, -0.25) is 0 Å². The van der Waals surface area contributed by atoms with Crippen molar-refractivity contribution in [2.45, 2.75) is 26.7 Å². The normalized spacial score (nSPS) is 10.2. The molecular formula is C17H18O2. The summed E-state index contributed by atoms with van der Waals surface area (Å²) < 4.78 is 5.49. The Kier molecular flexibility index (Phi) is 4.35. The maximum absolute atomic E-state index is 12.1. The summed E-state index contributed by atoms with van der Waals surface area (Å²) in [4.78, 5) is 12.1. The van der Waals surface area contributed by atoms with Crippen LogP contribution in [-0.2, 0) is 6.42 Å². The monoisotopic (exact) mass is 254 g/mol. The fourth-order valence-electron chi connectivity index (χ4n) is 1.93. The predicted molar refractivity (Wildman–Crippen MR) is 76.6 cm³/mol. The van der Waals surface area contributed by atoms with Crippen LogP contribution in [0, 0.1) is 6.92 Å². The van der Waals surface area contributed by atoms with Crippen molar-refractivity contribution in [1.82, 2.24) is 0 Å². The first kappa shape index (κ1) is 13.3. The minimum Gasteiger partial charge on any atom is -0.423 e. The van der Waals surface area contributed by atoms with Crippen molar-refractivity contribution >= 4 is 5.97 Å². The van der Waals surface area contributed by atoms with Gasteiger partial charge in [0, 0.05) is 0 Å². The number of aryl methyl sites for hydroxylation is 2. The quantitative estimate of drug-likeness (QED) is 0.604. The fourth-order valence-corrected chi connectivity index (χ4v) is 1.93. The molecule has 0 unspecified atom stereocenters.